The lowest BCUT2D eigenvalue weighted by Crippen LogP contribution is -2.45. The lowest BCUT2D eigenvalue weighted by molar-refractivity contribution is -0.00521. The fraction of sp³-hybridized carbons (Fsp3) is 0.368. The Morgan fingerprint density at radius 2 is 1.76 bits per heavy atom. The van der Waals surface area contributed by atoms with Crippen molar-refractivity contribution < 1.29 is 9.53 Å². The summed E-state index contributed by atoms with van der Waals surface area (Å²) in [5.74, 6) is 0. The third-order valence-electron chi connectivity index (χ3n) is 4.11. The number of anilines is 2. The van der Waals surface area contributed by atoms with Gasteiger partial charge in [-0.25, -0.2) is 4.79 Å². The van der Waals surface area contributed by atoms with Crippen molar-refractivity contribution in [3.8, 4) is 0 Å². The van der Waals surface area contributed by atoms with Gasteiger partial charge >= 0.3 is 6.03 Å². The minimum absolute atomic E-state index is 0.223. The van der Waals surface area contributed by atoms with Crippen LogP contribution in [0.2, 0.25) is 0 Å². The number of hydrogen-bond acceptors (Lipinski definition) is 4. The molecule has 2 heterocycles. The van der Waals surface area contributed by atoms with Crippen molar-refractivity contribution in [1.29, 1.82) is 0 Å². The summed E-state index contributed by atoms with van der Waals surface area (Å²) in [6.07, 6.45) is 3.86. The summed E-state index contributed by atoms with van der Waals surface area (Å²) in [5.41, 5.74) is 2.92. The smallest absolute Gasteiger partial charge is 0.319 e. The fourth-order valence-electron chi connectivity index (χ4n) is 3.00. The lowest BCUT2D eigenvalue weighted by atomic mass is 10.2. The molecule has 1 aromatic carbocycles. The first kappa shape index (κ1) is 17.2. The number of aromatic nitrogens is 1. The Labute approximate surface area is 148 Å². The van der Waals surface area contributed by atoms with E-state index in [1.165, 1.54) is 0 Å². The van der Waals surface area contributed by atoms with Gasteiger partial charge < -0.3 is 20.3 Å². The van der Waals surface area contributed by atoms with Crippen LogP contribution in [0.25, 0.3) is 0 Å². The van der Waals surface area contributed by atoms with Gasteiger partial charge in [-0.1, -0.05) is 0 Å². The fourth-order valence-corrected chi connectivity index (χ4v) is 3.00. The first-order valence-corrected chi connectivity index (χ1v) is 8.54. The molecule has 0 saturated carbocycles. The number of amides is 2. The highest BCUT2D eigenvalue weighted by Gasteiger charge is 2.22. The molecule has 2 N–H and O–H groups in total. The number of benzene rings is 1. The van der Waals surface area contributed by atoms with Gasteiger partial charge in [0.1, 0.15) is 0 Å². The normalized spacial score (nSPS) is 20.2. The number of rotatable bonds is 4. The van der Waals surface area contributed by atoms with Crippen LogP contribution in [0.15, 0.2) is 48.8 Å². The molecule has 0 aliphatic carbocycles. The Kier molecular flexibility index (Phi) is 5.50. The van der Waals surface area contributed by atoms with E-state index in [2.05, 4.69) is 34.4 Å². The SMILES string of the molecule is CC1CN(c2ccc(NC(=O)NCc3ccncc3)cc2)CC(C)O1. The van der Waals surface area contributed by atoms with E-state index < -0.39 is 0 Å². The molecular formula is C19H24N4O2. The average Bonchev–Trinajstić information content (AvgIpc) is 2.61. The van der Waals surface area contributed by atoms with E-state index in [0.717, 1.165) is 30.0 Å². The topological polar surface area (TPSA) is 66.5 Å². The summed E-state index contributed by atoms with van der Waals surface area (Å²) in [6.45, 7) is 6.40. The molecule has 3 rings (SSSR count). The maximum absolute atomic E-state index is 12.0. The van der Waals surface area contributed by atoms with E-state index >= 15 is 0 Å². The highest BCUT2D eigenvalue weighted by molar-refractivity contribution is 5.89. The summed E-state index contributed by atoms with van der Waals surface area (Å²) >= 11 is 0. The Balaban J connectivity index is 1.52. The molecule has 1 aliphatic heterocycles. The second-order valence-electron chi connectivity index (χ2n) is 6.37. The van der Waals surface area contributed by atoms with Crippen LogP contribution in [0, 0.1) is 0 Å². The van der Waals surface area contributed by atoms with Crippen LogP contribution in [-0.4, -0.2) is 36.3 Å². The minimum atomic E-state index is -0.224. The van der Waals surface area contributed by atoms with Crippen LogP contribution >= 0.6 is 0 Å². The molecule has 25 heavy (non-hydrogen) atoms. The largest absolute Gasteiger partial charge is 0.372 e. The number of urea groups is 1. The van der Waals surface area contributed by atoms with Crippen molar-refractivity contribution in [2.24, 2.45) is 0 Å². The number of ether oxygens (including phenoxy) is 1. The number of nitrogens with zero attached hydrogens (tertiary/aromatic N) is 2. The van der Waals surface area contributed by atoms with Crippen molar-refractivity contribution >= 4 is 17.4 Å². The quantitative estimate of drug-likeness (QED) is 0.898. The number of hydrogen-bond donors (Lipinski definition) is 2. The number of carbonyl (C=O) groups is 1. The molecule has 0 bridgehead atoms. The van der Waals surface area contributed by atoms with Gasteiger partial charge in [0, 0.05) is 43.4 Å². The third-order valence-corrected chi connectivity index (χ3v) is 4.11. The highest BCUT2D eigenvalue weighted by atomic mass is 16.5. The Morgan fingerprint density at radius 1 is 1.12 bits per heavy atom. The van der Waals surface area contributed by atoms with Crippen molar-refractivity contribution in [1.82, 2.24) is 10.3 Å². The van der Waals surface area contributed by atoms with Crippen LogP contribution < -0.4 is 15.5 Å². The van der Waals surface area contributed by atoms with Crippen LogP contribution in [0.1, 0.15) is 19.4 Å². The number of nitrogens with one attached hydrogen (secondary N) is 2. The van der Waals surface area contributed by atoms with E-state index in [1.807, 2.05) is 36.4 Å². The summed E-state index contributed by atoms with van der Waals surface area (Å²) in [4.78, 5) is 18.3. The van der Waals surface area contributed by atoms with Gasteiger partial charge in [-0.2, -0.15) is 0 Å². The summed E-state index contributed by atoms with van der Waals surface area (Å²) in [5, 5.41) is 5.68. The molecule has 2 unspecified atom stereocenters. The van der Waals surface area contributed by atoms with E-state index in [0.29, 0.717) is 6.54 Å². The first-order valence-electron chi connectivity index (χ1n) is 8.54. The molecule has 6 heteroatoms. The number of carbonyl (C=O) groups excluding carboxylic acids is 1. The third kappa shape index (κ3) is 4.93. The van der Waals surface area contributed by atoms with Crippen molar-refractivity contribution in [2.45, 2.75) is 32.6 Å². The van der Waals surface area contributed by atoms with E-state index in [4.69, 9.17) is 4.74 Å². The molecule has 2 atom stereocenters. The van der Waals surface area contributed by atoms with Crippen LogP contribution in [0.5, 0.6) is 0 Å². The van der Waals surface area contributed by atoms with Gasteiger partial charge in [-0.05, 0) is 55.8 Å². The number of pyridine rings is 1. The van der Waals surface area contributed by atoms with Gasteiger partial charge in [0.05, 0.1) is 12.2 Å². The van der Waals surface area contributed by atoms with E-state index in [1.54, 1.807) is 12.4 Å². The van der Waals surface area contributed by atoms with Crippen LogP contribution in [-0.2, 0) is 11.3 Å². The zero-order chi connectivity index (χ0) is 17.6. The molecule has 1 fully saturated rings. The van der Waals surface area contributed by atoms with Gasteiger partial charge in [0.25, 0.3) is 0 Å². The Morgan fingerprint density at radius 3 is 2.40 bits per heavy atom. The molecule has 0 spiro atoms. The second kappa shape index (κ2) is 7.98. The van der Waals surface area contributed by atoms with Crippen LogP contribution in [0.4, 0.5) is 16.2 Å². The first-order chi connectivity index (χ1) is 12.1. The lowest BCUT2D eigenvalue weighted by Gasteiger charge is -2.36. The molecule has 1 aromatic heterocycles. The molecule has 132 valence electrons. The molecular weight excluding hydrogens is 316 g/mol. The Bertz CT molecular complexity index is 680. The molecule has 2 aromatic rings. The number of morpholine rings is 1. The Hall–Kier alpha value is -2.60. The predicted octanol–water partition coefficient (Wildman–Crippen LogP) is 3.02. The summed E-state index contributed by atoms with van der Waals surface area (Å²) in [7, 11) is 0. The average molecular weight is 340 g/mol. The summed E-state index contributed by atoms with van der Waals surface area (Å²) in [6, 6.07) is 11.4. The van der Waals surface area contributed by atoms with E-state index in [9.17, 15) is 4.79 Å². The van der Waals surface area contributed by atoms with Gasteiger partial charge in [0.15, 0.2) is 0 Å². The highest BCUT2D eigenvalue weighted by Crippen LogP contribution is 2.22. The standard InChI is InChI=1S/C19H24N4O2/c1-14-12-23(13-15(2)25-14)18-5-3-17(4-6-18)22-19(24)21-11-16-7-9-20-10-8-16/h3-10,14-15H,11-13H2,1-2H3,(H2,21,22,24). The zero-order valence-corrected chi connectivity index (χ0v) is 14.6. The van der Waals surface area contributed by atoms with Crippen molar-refractivity contribution in [3.05, 3.63) is 54.4 Å². The van der Waals surface area contributed by atoms with Crippen LogP contribution in [0.3, 0.4) is 0 Å². The molecule has 1 aliphatic rings. The van der Waals surface area contributed by atoms with Gasteiger partial charge in [-0.3, -0.25) is 4.98 Å². The van der Waals surface area contributed by atoms with Gasteiger partial charge in [-0.15, -0.1) is 0 Å². The van der Waals surface area contributed by atoms with Crippen molar-refractivity contribution in [2.75, 3.05) is 23.3 Å². The predicted molar refractivity (Wildman–Crippen MR) is 98.8 cm³/mol. The molecule has 2 amide bonds. The van der Waals surface area contributed by atoms with E-state index in [-0.39, 0.29) is 18.2 Å². The second-order valence-corrected chi connectivity index (χ2v) is 6.37. The molecule has 0 radical (unpaired) electrons. The minimum Gasteiger partial charge on any atom is -0.372 e. The van der Waals surface area contributed by atoms with Crippen molar-refractivity contribution in [3.63, 3.8) is 0 Å². The molecule has 1 saturated heterocycles. The maximum Gasteiger partial charge on any atom is 0.319 e. The monoisotopic (exact) mass is 340 g/mol. The zero-order valence-electron chi connectivity index (χ0n) is 14.6. The summed E-state index contributed by atoms with van der Waals surface area (Å²) < 4.78 is 5.77. The molecule has 6 nitrogen and oxygen atoms in total. The maximum atomic E-state index is 12.0. The van der Waals surface area contributed by atoms with Gasteiger partial charge in [0.2, 0.25) is 0 Å².